The number of hydrogen-bond donors (Lipinski definition) is 1. The van der Waals surface area contributed by atoms with Crippen molar-refractivity contribution in [2.24, 2.45) is 5.73 Å². The molecule has 1 aliphatic heterocycles. The number of nitrogens with two attached hydrogens (primary N) is 1. The predicted molar refractivity (Wildman–Crippen MR) is 72.9 cm³/mol. The molecule has 1 aromatic rings. The Morgan fingerprint density at radius 3 is 2.63 bits per heavy atom. The van der Waals surface area contributed by atoms with E-state index in [2.05, 4.69) is 0 Å². The highest BCUT2D eigenvalue weighted by atomic mass is 16.5. The van der Waals surface area contributed by atoms with Gasteiger partial charge < -0.3 is 20.1 Å². The highest BCUT2D eigenvalue weighted by Gasteiger charge is 2.33. The molecule has 1 unspecified atom stereocenters. The summed E-state index contributed by atoms with van der Waals surface area (Å²) in [6.45, 7) is 3.78. The van der Waals surface area contributed by atoms with Crippen LogP contribution in [0.2, 0.25) is 0 Å². The van der Waals surface area contributed by atoms with E-state index >= 15 is 0 Å². The Morgan fingerprint density at radius 2 is 2.11 bits per heavy atom. The zero-order valence-electron chi connectivity index (χ0n) is 11.6. The number of amides is 1. The van der Waals surface area contributed by atoms with Gasteiger partial charge in [0.15, 0.2) is 0 Å². The van der Waals surface area contributed by atoms with Crippen LogP contribution in [0, 0.1) is 0 Å². The minimum Gasteiger partial charge on any atom is -0.497 e. The van der Waals surface area contributed by atoms with Gasteiger partial charge in [-0.15, -0.1) is 0 Å². The van der Waals surface area contributed by atoms with Crippen LogP contribution in [0.3, 0.4) is 0 Å². The molecule has 0 bridgehead atoms. The van der Waals surface area contributed by atoms with E-state index in [1.165, 1.54) is 0 Å². The van der Waals surface area contributed by atoms with E-state index in [1.54, 1.807) is 25.2 Å². The van der Waals surface area contributed by atoms with E-state index in [0.29, 0.717) is 36.7 Å². The van der Waals surface area contributed by atoms with Crippen molar-refractivity contribution in [3.8, 4) is 11.5 Å². The number of carbonyl (C=O) groups excluding carboxylic acids is 1. The van der Waals surface area contributed by atoms with Gasteiger partial charge in [0.05, 0.1) is 19.8 Å². The van der Waals surface area contributed by atoms with Gasteiger partial charge in [0, 0.05) is 31.6 Å². The Kier molecular flexibility index (Phi) is 3.95. The normalized spacial score (nSPS) is 18.2. The first-order valence-corrected chi connectivity index (χ1v) is 6.41. The van der Waals surface area contributed by atoms with Crippen LogP contribution >= 0.6 is 0 Å². The molecule has 0 fully saturated rings. The van der Waals surface area contributed by atoms with E-state index in [9.17, 15) is 4.79 Å². The van der Waals surface area contributed by atoms with Crippen molar-refractivity contribution in [1.29, 1.82) is 0 Å². The molecule has 1 heterocycles. The van der Waals surface area contributed by atoms with Gasteiger partial charge in [-0.05, 0) is 18.6 Å². The summed E-state index contributed by atoms with van der Waals surface area (Å²) in [6, 6.07) is 3.63. The Labute approximate surface area is 113 Å². The summed E-state index contributed by atoms with van der Waals surface area (Å²) < 4.78 is 10.6. The second-order valence-electron chi connectivity index (χ2n) is 4.57. The van der Waals surface area contributed by atoms with E-state index < -0.39 is 0 Å². The molecule has 2 rings (SSSR count). The second-order valence-corrected chi connectivity index (χ2v) is 4.57. The van der Waals surface area contributed by atoms with Gasteiger partial charge in [0.1, 0.15) is 11.5 Å². The highest BCUT2D eigenvalue weighted by Crippen LogP contribution is 2.37. The van der Waals surface area contributed by atoms with Crippen LogP contribution in [0.1, 0.15) is 28.8 Å². The van der Waals surface area contributed by atoms with Crippen LogP contribution in [0.25, 0.3) is 0 Å². The number of hydrogen-bond acceptors (Lipinski definition) is 4. The molecular weight excluding hydrogens is 244 g/mol. The van der Waals surface area contributed by atoms with Crippen molar-refractivity contribution in [3.63, 3.8) is 0 Å². The molecule has 0 radical (unpaired) electrons. The summed E-state index contributed by atoms with van der Waals surface area (Å²) in [5.41, 5.74) is 7.39. The number of likely N-dealkylation sites (N-methyl/N-ethyl adjacent to an activating group) is 1. The molecule has 1 amide bonds. The highest BCUT2D eigenvalue weighted by molar-refractivity contribution is 6.00. The van der Waals surface area contributed by atoms with Gasteiger partial charge in [-0.2, -0.15) is 0 Å². The largest absolute Gasteiger partial charge is 0.497 e. The molecule has 1 aliphatic rings. The summed E-state index contributed by atoms with van der Waals surface area (Å²) in [7, 11) is 3.16. The lowest BCUT2D eigenvalue weighted by atomic mass is 9.88. The fourth-order valence-corrected chi connectivity index (χ4v) is 2.52. The predicted octanol–water partition coefficient (Wildman–Crippen LogP) is 1.22. The number of rotatable bonds is 4. The Hall–Kier alpha value is -1.75. The average molecular weight is 264 g/mol. The summed E-state index contributed by atoms with van der Waals surface area (Å²) >= 11 is 0. The molecule has 0 spiro atoms. The molecule has 0 saturated carbocycles. The minimum atomic E-state index is 0.00158. The molecule has 1 atom stereocenters. The number of ether oxygens (including phenoxy) is 2. The van der Waals surface area contributed by atoms with Crippen LogP contribution < -0.4 is 15.2 Å². The summed E-state index contributed by atoms with van der Waals surface area (Å²) in [6.07, 6.45) is 0. The molecule has 2 N–H and O–H groups in total. The van der Waals surface area contributed by atoms with Crippen LogP contribution in [-0.2, 0) is 0 Å². The molecule has 5 nitrogen and oxygen atoms in total. The molecular formula is C14H20N2O3. The summed E-state index contributed by atoms with van der Waals surface area (Å²) in [5.74, 6) is 1.36. The van der Waals surface area contributed by atoms with Gasteiger partial charge in [0.25, 0.3) is 5.91 Å². The number of benzene rings is 1. The lowest BCUT2D eigenvalue weighted by Gasteiger charge is -2.34. The molecule has 19 heavy (non-hydrogen) atoms. The smallest absolute Gasteiger partial charge is 0.257 e. The Balaban J connectivity index is 2.60. The first-order valence-electron chi connectivity index (χ1n) is 6.41. The van der Waals surface area contributed by atoms with Gasteiger partial charge in [0.2, 0.25) is 0 Å². The summed E-state index contributed by atoms with van der Waals surface area (Å²) in [4.78, 5) is 14.3. The maximum absolute atomic E-state index is 12.5. The first-order chi connectivity index (χ1) is 9.15. The summed E-state index contributed by atoms with van der Waals surface area (Å²) in [5, 5.41) is 0. The fourth-order valence-electron chi connectivity index (χ4n) is 2.52. The van der Waals surface area contributed by atoms with Crippen molar-refractivity contribution in [1.82, 2.24) is 4.90 Å². The van der Waals surface area contributed by atoms with Crippen LogP contribution in [-0.4, -0.2) is 44.7 Å². The molecule has 104 valence electrons. The van der Waals surface area contributed by atoms with E-state index in [4.69, 9.17) is 15.2 Å². The molecule has 0 aromatic heterocycles. The number of fused-ring (bicyclic) bond motifs is 1. The lowest BCUT2D eigenvalue weighted by Crippen LogP contribution is -2.42. The van der Waals surface area contributed by atoms with Crippen molar-refractivity contribution in [2.45, 2.75) is 12.8 Å². The number of carbonyl (C=O) groups is 1. The molecule has 0 saturated heterocycles. The fraction of sp³-hybridized carbons (Fsp3) is 0.500. The monoisotopic (exact) mass is 264 g/mol. The van der Waals surface area contributed by atoms with E-state index in [1.807, 2.05) is 13.0 Å². The van der Waals surface area contributed by atoms with Crippen molar-refractivity contribution in [3.05, 3.63) is 23.3 Å². The van der Waals surface area contributed by atoms with Crippen LogP contribution in [0.15, 0.2) is 12.1 Å². The Morgan fingerprint density at radius 1 is 1.37 bits per heavy atom. The third-order valence-electron chi connectivity index (χ3n) is 3.61. The third kappa shape index (κ3) is 2.26. The van der Waals surface area contributed by atoms with Gasteiger partial charge in [-0.25, -0.2) is 0 Å². The third-order valence-corrected chi connectivity index (χ3v) is 3.61. The zero-order valence-corrected chi connectivity index (χ0v) is 11.6. The standard InChI is InChI=1S/C14H20N2O3/c1-4-16-8-9(7-15)11-5-10(18-2)6-12(19-3)13(11)14(16)17/h5-6,9H,4,7-8,15H2,1-3H3. The number of nitrogens with zero attached hydrogens (tertiary/aromatic N) is 1. The van der Waals surface area contributed by atoms with Crippen LogP contribution in [0.4, 0.5) is 0 Å². The van der Waals surface area contributed by atoms with Crippen molar-refractivity contribution >= 4 is 5.91 Å². The van der Waals surface area contributed by atoms with E-state index in [0.717, 1.165) is 5.56 Å². The van der Waals surface area contributed by atoms with E-state index in [-0.39, 0.29) is 11.8 Å². The van der Waals surface area contributed by atoms with Crippen molar-refractivity contribution < 1.29 is 14.3 Å². The molecule has 1 aromatic carbocycles. The minimum absolute atomic E-state index is 0.00158. The topological polar surface area (TPSA) is 64.8 Å². The van der Waals surface area contributed by atoms with Crippen LogP contribution in [0.5, 0.6) is 11.5 Å². The Bertz CT molecular complexity index is 488. The first kappa shape index (κ1) is 13.7. The molecule has 0 aliphatic carbocycles. The SMILES string of the molecule is CCN1CC(CN)c2cc(OC)cc(OC)c2C1=O. The maximum Gasteiger partial charge on any atom is 0.257 e. The quantitative estimate of drug-likeness (QED) is 0.888. The zero-order chi connectivity index (χ0) is 14.0. The van der Waals surface area contributed by atoms with Gasteiger partial charge in [-0.3, -0.25) is 4.79 Å². The average Bonchev–Trinajstić information content (AvgIpc) is 2.46. The number of methoxy groups -OCH3 is 2. The lowest BCUT2D eigenvalue weighted by molar-refractivity contribution is 0.0728. The van der Waals surface area contributed by atoms with Gasteiger partial charge in [-0.1, -0.05) is 0 Å². The molecule has 5 heteroatoms. The van der Waals surface area contributed by atoms with Crippen molar-refractivity contribution in [2.75, 3.05) is 33.9 Å². The maximum atomic E-state index is 12.5. The second kappa shape index (κ2) is 5.48. The van der Waals surface area contributed by atoms with Gasteiger partial charge >= 0.3 is 0 Å².